The molecule has 0 aliphatic rings. The van der Waals surface area contributed by atoms with Crippen LogP contribution in [0, 0.1) is 6.92 Å². The molecule has 1 aromatic heterocycles. The number of hydrogen-bond donors (Lipinski definition) is 2. The van der Waals surface area contributed by atoms with Crippen LogP contribution in [0.5, 0.6) is 0 Å². The van der Waals surface area contributed by atoms with Gasteiger partial charge in [-0.3, -0.25) is 4.79 Å². The van der Waals surface area contributed by atoms with Crippen molar-refractivity contribution in [2.75, 3.05) is 13.1 Å². The molecule has 1 amide bonds. The number of nitrogens with zero attached hydrogens (tertiary/aromatic N) is 1. The highest BCUT2D eigenvalue weighted by Gasteiger charge is 2.04. The van der Waals surface area contributed by atoms with Gasteiger partial charge in [-0.05, 0) is 20.3 Å². The van der Waals surface area contributed by atoms with Crippen molar-refractivity contribution in [3.8, 4) is 0 Å². The number of thiazole rings is 1. The highest BCUT2D eigenvalue weighted by atomic mass is 32.1. The Balaban J connectivity index is 2.10. The Labute approximate surface area is 107 Å². The van der Waals surface area contributed by atoms with Crippen molar-refractivity contribution < 1.29 is 4.79 Å². The Bertz CT molecular complexity index is 351. The number of rotatable bonds is 7. The van der Waals surface area contributed by atoms with Gasteiger partial charge in [0.1, 0.15) is 0 Å². The van der Waals surface area contributed by atoms with Gasteiger partial charge in [0.05, 0.1) is 17.2 Å². The second-order valence-electron chi connectivity index (χ2n) is 4.16. The molecule has 1 rings (SSSR count). The molecule has 4 nitrogen and oxygen atoms in total. The first-order valence-corrected chi connectivity index (χ1v) is 6.91. The third-order valence-electron chi connectivity index (χ3n) is 2.53. The van der Waals surface area contributed by atoms with E-state index in [1.165, 1.54) is 0 Å². The average molecular weight is 255 g/mol. The second kappa shape index (κ2) is 7.40. The fourth-order valence-electron chi connectivity index (χ4n) is 1.37. The van der Waals surface area contributed by atoms with Crippen LogP contribution in [0.1, 0.15) is 31.0 Å². The van der Waals surface area contributed by atoms with Crippen LogP contribution in [0.3, 0.4) is 0 Å². The quantitative estimate of drug-likeness (QED) is 0.726. The van der Waals surface area contributed by atoms with Crippen LogP contribution in [0.4, 0.5) is 0 Å². The first-order valence-electron chi connectivity index (χ1n) is 6.03. The van der Waals surface area contributed by atoms with E-state index in [0.717, 1.165) is 30.1 Å². The second-order valence-corrected chi connectivity index (χ2v) is 5.22. The molecule has 2 N–H and O–H groups in total. The first kappa shape index (κ1) is 14.1. The van der Waals surface area contributed by atoms with E-state index in [9.17, 15) is 4.79 Å². The Morgan fingerprint density at radius 1 is 1.59 bits per heavy atom. The molecule has 0 aromatic carbocycles. The van der Waals surface area contributed by atoms with E-state index in [-0.39, 0.29) is 11.9 Å². The van der Waals surface area contributed by atoms with Gasteiger partial charge in [0.25, 0.3) is 0 Å². The van der Waals surface area contributed by atoms with Crippen molar-refractivity contribution in [2.24, 2.45) is 0 Å². The molecule has 1 heterocycles. The summed E-state index contributed by atoms with van der Waals surface area (Å²) in [6, 6.07) is 0.255. The van der Waals surface area contributed by atoms with E-state index < -0.39 is 0 Å². The summed E-state index contributed by atoms with van der Waals surface area (Å²) >= 11 is 1.66. The SMILES string of the molecule is CCC(C)NC(=O)CNCCc1csc(C)n1. The van der Waals surface area contributed by atoms with Crippen LogP contribution in [-0.2, 0) is 11.2 Å². The van der Waals surface area contributed by atoms with Crippen LogP contribution in [0.25, 0.3) is 0 Å². The van der Waals surface area contributed by atoms with Crippen molar-refractivity contribution in [3.63, 3.8) is 0 Å². The van der Waals surface area contributed by atoms with Gasteiger partial charge >= 0.3 is 0 Å². The zero-order valence-electron chi connectivity index (χ0n) is 10.7. The van der Waals surface area contributed by atoms with Crippen LogP contribution in [0.15, 0.2) is 5.38 Å². The van der Waals surface area contributed by atoms with Gasteiger partial charge in [0.2, 0.25) is 5.91 Å². The molecule has 1 unspecified atom stereocenters. The molecule has 0 radical (unpaired) electrons. The van der Waals surface area contributed by atoms with Crippen molar-refractivity contribution >= 4 is 17.2 Å². The molecule has 5 heteroatoms. The molecule has 17 heavy (non-hydrogen) atoms. The average Bonchev–Trinajstić information content (AvgIpc) is 2.70. The molecule has 1 atom stereocenters. The predicted octanol–water partition coefficient (Wildman–Crippen LogP) is 1.50. The number of aryl methyl sites for hydroxylation is 1. The summed E-state index contributed by atoms with van der Waals surface area (Å²) in [6.07, 6.45) is 1.84. The minimum Gasteiger partial charge on any atom is -0.353 e. The van der Waals surface area contributed by atoms with Crippen LogP contribution < -0.4 is 10.6 Å². The smallest absolute Gasteiger partial charge is 0.234 e. The van der Waals surface area contributed by atoms with Crippen molar-refractivity contribution in [3.05, 3.63) is 16.1 Å². The molecule has 0 saturated heterocycles. The molecule has 0 fully saturated rings. The largest absolute Gasteiger partial charge is 0.353 e. The van der Waals surface area contributed by atoms with Crippen LogP contribution in [0.2, 0.25) is 0 Å². The number of carbonyl (C=O) groups is 1. The predicted molar refractivity (Wildman–Crippen MR) is 71.3 cm³/mol. The Morgan fingerprint density at radius 3 is 2.94 bits per heavy atom. The Hall–Kier alpha value is -0.940. The van der Waals surface area contributed by atoms with Gasteiger partial charge in [-0.25, -0.2) is 4.98 Å². The van der Waals surface area contributed by atoms with Gasteiger partial charge < -0.3 is 10.6 Å². The topological polar surface area (TPSA) is 54.0 Å². The van der Waals surface area contributed by atoms with Crippen molar-refractivity contribution in [1.29, 1.82) is 0 Å². The van der Waals surface area contributed by atoms with Gasteiger partial charge in [0.15, 0.2) is 0 Å². The lowest BCUT2D eigenvalue weighted by Gasteiger charge is -2.11. The fraction of sp³-hybridized carbons (Fsp3) is 0.667. The van der Waals surface area contributed by atoms with E-state index >= 15 is 0 Å². The number of carbonyl (C=O) groups excluding carboxylic acids is 1. The summed E-state index contributed by atoms with van der Waals surface area (Å²) in [5.41, 5.74) is 1.10. The van der Waals surface area contributed by atoms with Gasteiger partial charge in [-0.15, -0.1) is 11.3 Å². The molecule has 0 aliphatic carbocycles. The van der Waals surface area contributed by atoms with Crippen molar-refractivity contribution in [2.45, 2.75) is 39.7 Å². The molecule has 0 saturated carbocycles. The first-order chi connectivity index (χ1) is 8.11. The molecule has 96 valence electrons. The summed E-state index contributed by atoms with van der Waals surface area (Å²) in [7, 11) is 0. The molecule has 0 aliphatic heterocycles. The van der Waals surface area contributed by atoms with Crippen LogP contribution >= 0.6 is 11.3 Å². The maximum absolute atomic E-state index is 11.4. The van der Waals surface area contributed by atoms with Crippen LogP contribution in [-0.4, -0.2) is 30.0 Å². The van der Waals surface area contributed by atoms with Gasteiger partial charge in [-0.2, -0.15) is 0 Å². The number of hydrogen-bond acceptors (Lipinski definition) is 4. The summed E-state index contributed by atoms with van der Waals surface area (Å²) in [5.74, 6) is 0.0637. The molecule has 0 bridgehead atoms. The number of aromatic nitrogens is 1. The standard InChI is InChI=1S/C12H21N3OS/c1-4-9(2)14-12(16)7-13-6-5-11-8-17-10(3)15-11/h8-9,13H,4-7H2,1-3H3,(H,14,16). The molecular weight excluding hydrogens is 234 g/mol. The maximum Gasteiger partial charge on any atom is 0.234 e. The monoisotopic (exact) mass is 255 g/mol. The summed E-state index contributed by atoms with van der Waals surface area (Å²) < 4.78 is 0. The highest BCUT2D eigenvalue weighted by Crippen LogP contribution is 2.07. The highest BCUT2D eigenvalue weighted by molar-refractivity contribution is 7.09. The lowest BCUT2D eigenvalue weighted by molar-refractivity contribution is -0.120. The molecular formula is C12H21N3OS. The minimum absolute atomic E-state index is 0.0637. The van der Waals surface area contributed by atoms with E-state index in [0.29, 0.717) is 6.54 Å². The van der Waals surface area contributed by atoms with Gasteiger partial charge in [0, 0.05) is 24.4 Å². The molecule has 1 aromatic rings. The summed E-state index contributed by atoms with van der Waals surface area (Å²) in [6.45, 7) is 7.24. The normalized spacial score (nSPS) is 12.4. The number of nitrogens with one attached hydrogen (secondary N) is 2. The van der Waals surface area contributed by atoms with E-state index in [2.05, 4.69) is 27.9 Å². The fourth-order valence-corrected chi connectivity index (χ4v) is 2.02. The Morgan fingerprint density at radius 2 is 2.35 bits per heavy atom. The summed E-state index contributed by atoms with van der Waals surface area (Å²) in [4.78, 5) is 15.8. The lowest BCUT2D eigenvalue weighted by Crippen LogP contribution is -2.39. The zero-order chi connectivity index (χ0) is 12.7. The van der Waals surface area contributed by atoms with E-state index in [1.807, 2.05) is 13.8 Å². The van der Waals surface area contributed by atoms with Gasteiger partial charge in [-0.1, -0.05) is 6.92 Å². The molecule has 0 spiro atoms. The third kappa shape index (κ3) is 5.79. The maximum atomic E-state index is 11.4. The summed E-state index contributed by atoms with van der Waals surface area (Å²) in [5, 5.41) is 9.20. The Kier molecular flexibility index (Phi) is 6.15. The van der Waals surface area contributed by atoms with E-state index in [1.54, 1.807) is 11.3 Å². The number of amides is 1. The third-order valence-corrected chi connectivity index (χ3v) is 3.35. The van der Waals surface area contributed by atoms with Crippen molar-refractivity contribution in [1.82, 2.24) is 15.6 Å². The zero-order valence-corrected chi connectivity index (χ0v) is 11.6. The van der Waals surface area contributed by atoms with E-state index in [4.69, 9.17) is 0 Å². The minimum atomic E-state index is 0.0637. The lowest BCUT2D eigenvalue weighted by atomic mass is 10.2.